The Morgan fingerprint density at radius 2 is 2.10 bits per heavy atom. The Bertz CT molecular complexity index is 461. The molecule has 1 saturated heterocycles. The molecule has 1 fully saturated rings. The van der Waals surface area contributed by atoms with Crippen molar-refractivity contribution < 1.29 is 14.3 Å². The van der Waals surface area contributed by atoms with Crippen LogP contribution in [0.1, 0.15) is 18.9 Å². The topological polar surface area (TPSA) is 64.8 Å². The summed E-state index contributed by atoms with van der Waals surface area (Å²) in [7, 11) is 1.64. The molecule has 0 aromatic heterocycles. The lowest BCUT2D eigenvalue weighted by atomic mass is 9.99. The van der Waals surface area contributed by atoms with Crippen LogP contribution in [0.2, 0.25) is 0 Å². The minimum atomic E-state index is -0.338. The summed E-state index contributed by atoms with van der Waals surface area (Å²) in [6.07, 6.45) is 0.749. The lowest BCUT2D eigenvalue weighted by Crippen LogP contribution is -2.53. The van der Waals surface area contributed by atoms with Gasteiger partial charge < -0.3 is 20.1 Å². The van der Waals surface area contributed by atoms with Gasteiger partial charge in [0.1, 0.15) is 12.4 Å². The molecule has 1 heterocycles. The maximum absolute atomic E-state index is 12.0. The van der Waals surface area contributed by atoms with E-state index in [-0.39, 0.29) is 18.1 Å². The summed E-state index contributed by atoms with van der Waals surface area (Å²) >= 11 is 0. The highest BCUT2D eigenvalue weighted by atomic mass is 16.5. The summed E-state index contributed by atoms with van der Waals surface area (Å²) in [6.45, 7) is 3.86. The first kappa shape index (κ1) is 14.8. The lowest BCUT2D eigenvalue weighted by Gasteiger charge is -2.40. The van der Waals surface area contributed by atoms with Crippen molar-refractivity contribution >= 4 is 5.91 Å². The van der Waals surface area contributed by atoms with Crippen LogP contribution in [0.4, 0.5) is 0 Å². The molecule has 5 nitrogen and oxygen atoms in total. The van der Waals surface area contributed by atoms with Crippen molar-refractivity contribution in [2.75, 3.05) is 26.8 Å². The molecule has 1 aromatic rings. The second-order valence-corrected chi connectivity index (χ2v) is 5.38. The summed E-state index contributed by atoms with van der Waals surface area (Å²) in [6, 6.07) is 7.75. The molecule has 0 aliphatic carbocycles. The molecule has 1 atom stereocenters. The number of benzene rings is 1. The molecule has 2 N–H and O–H groups in total. The Labute approximate surface area is 119 Å². The van der Waals surface area contributed by atoms with Gasteiger partial charge in [-0.25, -0.2) is 0 Å². The van der Waals surface area contributed by atoms with Crippen molar-refractivity contribution in [3.63, 3.8) is 0 Å². The molecule has 1 aliphatic heterocycles. The van der Waals surface area contributed by atoms with E-state index in [1.807, 2.05) is 36.1 Å². The Balaban J connectivity index is 2.04. The van der Waals surface area contributed by atoms with E-state index < -0.39 is 0 Å². The summed E-state index contributed by atoms with van der Waals surface area (Å²) in [5.41, 5.74) is 6.35. The van der Waals surface area contributed by atoms with Crippen LogP contribution in [0.25, 0.3) is 0 Å². The highest BCUT2D eigenvalue weighted by molar-refractivity contribution is 5.78. The first-order chi connectivity index (χ1) is 9.56. The highest BCUT2D eigenvalue weighted by Gasteiger charge is 2.35. The molecule has 1 aliphatic rings. The van der Waals surface area contributed by atoms with Crippen LogP contribution < -0.4 is 10.5 Å². The smallest absolute Gasteiger partial charge is 0.248 e. The number of hydrogen-bond donors (Lipinski definition) is 1. The van der Waals surface area contributed by atoms with E-state index in [0.717, 1.165) is 17.7 Å². The van der Waals surface area contributed by atoms with E-state index in [0.29, 0.717) is 19.6 Å². The number of morpholine rings is 1. The lowest BCUT2D eigenvalue weighted by molar-refractivity contribution is -0.162. The number of ether oxygens (including phenoxy) is 2. The van der Waals surface area contributed by atoms with Gasteiger partial charge in [-0.1, -0.05) is 12.1 Å². The fourth-order valence-corrected chi connectivity index (χ4v) is 2.42. The third kappa shape index (κ3) is 3.49. The van der Waals surface area contributed by atoms with Gasteiger partial charge in [-0.15, -0.1) is 0 Å². The molecule has 0 bridgehead atoms. The Morgan fingerprint density at radius 1 is 1.40 bits per heavy atom. The van der Waals surface area contributed by atoms with Gasteiger partial charge in [0.2, 0.25) is 5.91 Å². The third-order valence-electron chi connectivity index (χ3n) is 3.63. The summed E-state index contributed by atoms with van der Waals surface area (Å²) in [5.74, 6) is 0.838. The van der Waals surface area contributed by atoms with Gasteiger partial charge in [0.25, 0.3) is 0 Å². The Morgan fingerprint density at radius 3 is 2.70 bits per heavy atom. The van der Waals surface area contributed by atoms with E-state index in [2.05, 4.69) is 0 Å². The third-order valence-corrected chi connectivity index (χ3v) is 3.63. The van der Waals surface area contributed by atoms with Gasteiger partial charge in [-0.2, -0.15) is 0 Å². The quantitative estimate of drug-likeness (QED) is 0.878. The van der Waals surface area contributed by atoms with Gasteiger partial charge in [0.15, 0.2) is 0 Å². The molecule has 20 heavy (non-hydrogen) atoms. The molecule has 0 radical (unpaired) electrons. The fourth-order valence-electron chi connectivity index (χ4n) is 2.42. The fraction of sp³-hybridized carbons (Fsp3) is 0.533. The van der Waals surface area contributed by atoms with E-state index in [4.69, 9.17) is 15.2 Å². The van der Waals surface area contributed by atoms with Gasteiger partial charge in [0, 0.05) is 13.1 Å². The van der Waals surface area contributed by atoms with Gasteiger partial charge >= 0.3 is 0 Å². The van der Waals surface area contributed by atoms with Crippen molar-refractivity contribution in [2.24, 2.45) is 5.73 Å². The molecular weight excluding hydrogens is 256 g/mol. The van der Waals surface area contributed by atoms with Crippen LogP contribution in [-0.4, -0.2) is 43.2 Å². The van der Waals surface area contributed by atoms with Crippen LogP contribution in [0.3, 0.4) is 0 Å². The predicted molar refractivity (Wildman–Crippen MR) is 76.4 cm³/mol. The average molecular weight is 278 g/mol. The van der Waals surface area contributed by atoms with Crippen molar-refractivity contribution in [2.45, 2.75) is 25.5 Å². The molecule has 110 valence electrons. The van der Waals surface area contributed by atoms with Crippen LogP contribution in [0.15, 0.2) is 24.3 Å². The van der Waals surface area contributed by atoms with E-state index in [1.54, 1.807) is 7.11 Å². The standard InChI is InChI=1S/C15H22N2O3/c1-15(7-8-16)11-17(14(18)10-20-15)9-12-3-5-13(19-2)6-4-12/h3-6H,7-11,16H2,1-2H3. The second kappa shape index (κ2) is 6.24. The van der Waals surface area contributed by atoms with Crippen molar-refractivity contribution in [3.05, 3.63) is 29.8 Å². The molecule has 2 rings (SSSR count). The molecule has 0 spiro atoms. The maximum atomic E-state index is 12.0. The Hall–Kier alpha value is -1.59. The zero-order valence-corrected chi connectivity index (χ0v) is 12.1. The number of nitrogens with zero attached hydrogens (tertiary/aromatic N) is 1. The van der Waals surface area contributed by atoms with E-state index in [9.17, 15) is 4.79 Å². The minimum Gasteiger partial charge on any atom is -0.497 e. The largest absolute Gasteiger partial charge is 0.497 e. The molecule has 5 heteroatoms. The Kier molecular flexibility index (Phi) is 4.62. The number of hydrogen-bond acceptors (Lipinski definition) is 4. The number of carbonyl (C=O) groups is 1. The number of carbonyl (C=O) groups excluding carboxylic acids is 1. The zero-order chi connectivity index (χ0) is 14.6. The van der Waals surface area contributed by atoms with Crippen molar-refractivity contribution in [1.29, 1.82) is 0 Å². The normalized spacial score (nSPS) is 22.9. The van der Waals surface area contributed by atoms with Crippen LogP contribution >= 0.6 is 0 Å². The number of methoxy groups -OCH3 is 1. The summed E-state index contributed by atoms with van der Waals surface area (Å²) in [5, 5.41) is 0. The van der Waals surface area contributed by atoms with Crippen LogP contribution in [-0.2, 0) is 16.1 Å². The molecule has 0 saturated carbocycles. The maximum Gasteiger partial charge on any atom is 0.248 e. The number of nitrogens with two attached hydrogens (primary N) is 1. The first-order valence-electron chi connectivity index (χ1n) is 6.81. The van der Waals surface area contributed by atoms with E-state index in [1.165, 1.54) is 0 Å². The summed E-state index contributed by atoms with van der Waals surface area (Å²) < 4.78 is 10.8. The zero-order valence-electron chi connectivity index (χ0n) is 12.1. The molecule has 1 unspecified atom stereocenters. The second-order valence-electron chi connectivity index (χ2n) is 5.38. The van der Waals surface area contributed by atoms with Gasteiger partial charge in [-0.3, -0.25) is 4.79 Å². The number of rotatable bonds is 5. The predicted octanol–water partition coefficient (Wildman–Crippen LogP) is 1.16. The highest BCUT2D eigenvalue weighted by Crippen LogP contribution is 2.23. The van der Waals surface area contributed by atoms with Crippen LogP contribution in [0, 0.1) is 0 Å². The van der Waals surface area contributed by atoms with Gasteiger partial charge in [0.05, 0.1) is 12.7 Å². The van der Waals surface area contributed by atoms with E-state index >= 15 is 0 Å². The average Bonchev–Trinajstić information content (AvgIpc) is 2.44. The molecular formula is C15H22N2O3. The first-order valence-corrected chi connectivity index (χ1v) is 6.81. The summed E-state index contributed by atoms with van der Waals surface area (Å²) in [4.78, 5) is 13.8. The van der Waals surface area contributed by atoms with Crippen LogP contribution in [0.5, 0.6) is 5.75 Å². The van der Waals surface area contributed by atoms with Gasteiger partial charge in [-0.05, 0) is 37.6 Å². The van der Waals surface area contributed by atoms with Crippen molar-refractivity contribution in [1.82, 2.24) is 4.90 Å². The monoisotopic (exact) mass is 278 g/mol. The SMILES string of the molecule is COc1ccc(CN2CC(C)(CCN)OCC2=O)cc1. The molecule has 1 amide bonds. The number of amides is 1. The molecule has 1 aromatic carbocycles. The minimum absolute atomic E-state index is 0.0234. The van der Waals surface area contributed by atoms with Crippen molar-refractivity contribution in [3.8, 4) is 5.75 Å².